The van der Waals surface area contributed by atoms with Crippen LogP contribution < -0.4 is 4.74 Å². The van der Waals surface area contributed by atoms with E-state index in [1.807, 2.05) is 20.8 Å². The van der Waals surface area contributed by atoms with Gasteiger partial charge >= 0.3 is 0 Å². The van der Waals surface area contributed by atoms with E-state index in [0.29, 0.717) is 5.75 Å². The minimum atomic E-state index is -0.541. The van der Waals surface area contributed by atoms with E-state index in [2.05, 4.69) is 4.98 Å². The molecule has 0 aliphatic carbocycles. The van der Waals surface area contributed by atoms with Gasteiger partial charge in [-0.2, -0.15) is 0 Å². The standard InChI is InChI=1S/C11H17NO2/c1-11(2,3)10(13)8-5-6-12-7-9(8)14-4/h5-7,10,13H,1-4H3. The van der Waals surface area contributed by atoms with E-state index in [1.54, 1.807) is 25.6 Å². The number of methoxy groups -OCH3 is 1. The SMILES string of the molecule is COc1cnccc1C(O)C(C)(C)C. The second kappa shape index (κ2) is 3.96. The number of hydrogen-bond donors (Lipinski definition) is 1. The lowest BCUT2D eigenvalue weighted by Gasteiger charge is -2.27. The predicted molar refractivity (Wildman–Crippen MR) is 55.2 cm³/mol. The first kappa shape index (κ1) is 11.0. The molecule has 0 spiro atoms. The van der Waals surface area contributed by atoms with Crippen LogP contribution in [0.5, 0.6) is 5.75 Å². The van der Waals surface area contributed by atoms with E-state index in [0.717, 1.165) is 5.56 Å². The Morgan fingerprint density at radius 2 is 2.07 bits per heavy atom. The van der Waals surface area contributed by atoms with Crippen molar-refractivity contribution in [3.05, 3.63) is 24.0 Å². The van der Waals surface area contributed by atoms with Crippen molar-refractivity contribution in [2.45, 2.75) is 26.9 Å². The molecule has 14 heavy (non-hydrogen) atoms. The molecule has 1 unspecified atom stereocenters. The fraction of sp³-hybridized carbons (Fsp3) is 0.545. The van der Waals surface area contributed by atoms with E-state index >= 15 is 0 Å². The molecule has 0 saturated heterocycles. The van der Waals surface area contributed by atoms with Gasteiger partial charge in [0.15, 0.2) is 0 Å². The molecule has 78 valence electrons. The van der Waals surface area contributed by atoms with Gasteiger partial charge in [-0.1, -0.05) is 20.8 Å². The highest BCUT2D eigenvalue weighted by Gasteiger charge is 2.26. The summed E-state index contributed by atoms with van der Waals surface area (Å²) in [5.41, 5.74) is 0.587. The third-order valence-corrected chi connectivity index (χ3v) is 2.15. The second-order valence-electron chi connectivity index (χ2n) is 4.39. The van der Waals surface area contributed by atoms with Crippen LogP contribution in [0, 0.1) is 5.41 Å². The van der Waals surface area contributed by atoms with E-state index in [1.165, 1.54) is 0 Å². The molecule has 1 aromatic heterocycles. The molecule has 1 heterocycles. The smallest absolute Gasteiger partial charge is 0.142 e. The molecule has 0 amide bonds. The summed E-state index contributed by atoms with van der Waals surface area (Å²) in [7, 11) is 1.58. The van der Waals surface area contributed by atoms with E-state index < -0.39 is 6.10 Å². The van der Waals surface area contributed by atoms with E-state index in [4.69, 9.17) is 4.74 Å². The summed E-state index contributed by atoms with van der Waals surface area (Å²) in [6.45, 7) is 5.95. The van der Waals surface area contributed by atoms with Gasteiger partial charge in [0.2, 0.25) is 0 Å². The number of nitrogens with zero attached hydrogens (tertiary/aromatic N) is 1. The van der Waals surface area contributed by atoms with Crippen LogP contribution in [-0.2, 0) is 0 Å². The van der Waals surface area contributed by atoms with Crippen LogP contribution in [0.15, 0.2) is 18.5 Å². The maximum Gasteiger partial charge on any atom is 0.142 e. The van der Waals surface area contributed by atoms with Crippen molar-refractivity contribution in [2.24, 2.45) is 5.41 Å². The van der Waals surface area contributed by atoms with Crippen molar-refractivity contribution in [3.63, 3.8) is 0 Å². The summed E-state index contributed by atoms with van der Waals surface area (Å²) in [5, 5.41) is 10.1. The number of pyridine rings is 1. The highest BCUT2D eigenvalue weighted by molar-refractivity contribution is 5.32. The Bertz CT molecular complexity index is 304. The van der Waals surface area contributed by atoms with Crippen LogP contribution in [0.3, 0.4) is 0 Å². The molecular formula is C11H17NO2. The molecule has 0 aromatic carbocycles. The number of rotatable bonds is 2. The molecule has 0 aliphatic heterocycles. The Kier molecular flexibility index (Phi) is 3.11. The average Bonchev–Trinajstić information content (AvgIpc) is 2.15. The van der Waals surface area contributed by atoms with Gasteiger partial charge in [-0.05, 0) is 11.5 Å². The lowest BCUT2D eigenvalue weighted by Crippen LogP contribution is -2.18. The van der Waals surface area contributed by atoms with Crippen LogP contribution in [0.25, 0.3) is 0 Å². The molecule has 0 aliphatic rings. The van der Waals surface area contributed by atoms with Crippen LogP contribution in [0.2, 0.25) is 0 Å². The fourth-order valence-electron chi connectivity index (χ4n) is 1.25. The number of aliphatic hydroxyl groups is 1. The molecule has 0 fully saturated rings. The molecule has 3 nitrogen and oxygen atoms in total. The van der Waals surface area contributed by atoms with Crippen LogP contribution >= 0.6 is 0 Å². The maximum absolute atomic E-state index is 10.1. The lowest BCUT2D eigenvalue weighted by atomic mass is 9.85. The molecule has 1 atom stereocenters. The van der Waals surface area contributed by atoms with Crippen molar-refractivity contribution < 1.29 is 9.84 Å². The van der Waals surface area contributed by atoms with Crippen molar-refractivity contribution >= 4 is 0 Å². The Hall–Kier alpha value is -1.09. The minimum absolute atomic E-state index is 0.200. The monoisotopic (exact) mass is 195 g/mol. The summed E-state index contributed by atoms with van der Waals surface area (Å²) in [5.74, 6) is 0.634. The number of ether oxygens (including phenoxy) is 1. The Morgan fingerprint density at radius 3 is 2.57 bits per heavy atom. The predicted octanol–water partition coefficient (Wildman–Crippen LogP) is 2.17. The van der Waals surface area contributed by atoms with Gasteiger partial charge in [0.25, 0.3) is 0 Å². The topological polar surface area (TPSA) is 42.4 Å². The number of hydrogen-bond acceptors (Lipinski definition) is 3. The third kappa shape index (κ3) is 2.23. The summed E-state index contributed by atoms with van der Waals surface area (Å²) in [6.07, 6.45) is 2.73. The van der Waals surface area contributed by atoms with Crippen molar-refractivity contribution in [2.75, 3.05) is 7.11 Å². The van der Waals surface area contributed by atoms with Crippen molar-refractivity contribution in [1.29, 1.82) is 0 Å². The first-order chi connectivity index (χ1) is 6.46. The molecule has 3 heteroatoms. The first-order valence-corrected chi connectivity index (χ1v) is 4.63. The highest BCUT2D eigenvalue weighted by atomic mass is 16.5. The van der Waals surface area contributed by atoms with Gasteiger partial charge in [-0.15, -0.1) is 0 Å². The van der Waals surface area contributed by atoms with Gasteiger partial charge in [-0.3, -0.25) is 4.98 Å². The maximum atomic E-state index is 10.1. The van der Waals surface area contributed by atoms with Crippen molar-refractivity contribution in [1.82, 2.24) is 4.98 Å². The van der Waals surface area contributed by atoms with Crippen molar-refractivity contribution in [3.8, 4) is 5.75 Å². The second-order valence-corrected chi connectivity index (χ2v) is 4.39. The Balaban J connectivity index is 3.06. The molecule has 0 saturated carbocycles. The van der Waals surface area contributed by atoms with Gasteiger partial charge in [0, 0.05) is 11.8 Å². The Labute approximate surface area is 84.7 Å². The fourth-order valence-corrected chi connectivity index (χ4v) is 1.25. The molecule has 0 radical (unpaired) electrons. The molecular weight excluding hydrogens is 178 g/mol. The average molecular weight is 195 g/mol. The zero-order valence-electron chi connectivity index (χ0n) is 9.11. The van der Waals surface area contributed by atoms with Crippen LogP contribution in [-0.4, -0.2) is 17.2 Å². The quantitative estimate of drug-likeness (QED) is 0.786. The highest BCUT2D eigenvalue weighted by Crippen LogP contribution is 2.36. The normalized spacial score (nSPS) is 13.8. The van der Waals surface area contributed by atoms with E-state index in [-0.39, 0.29) is 5.41 Å². The van der Waals surface area contributed by atoms with Gasteiger partial charge < -0.3 is 9.84 Å². The first-order valence-electron chi connectivity index (χ1n) is 4.63. The zero-order valence-corrected chi connectivity index (χ0v) is 9.11. The number of aliphatic hydroxyl groups excluding tert-OH is 1. The van der Waals surface area contributed by atoms with Crippen LogP contribution in [0.1, 0.15) is 32.4 Å². The van der Waals surface area contributed by atoms with Gasteiger partial charge in [0.1, 0.15) is 5.75 Å². The largest absolute Gasteiger partial charge is 0.495 e. The van der Waals surface area contributed by atoms with E-state index in [9.17, 15) is 5.11 Å². The molecule has 1 N–H and O–H groups in total. The minimum Gasteiger partial charge on any atom is -0.495 e. The summed E-state index contributed by atoms with van der Waals surface area (Å²) >= 11 is 0. The van der Waals surface area contributed by atoms with Crippen LogP contribution in [0.4, 0.5) is 0 Å². The molecule has 0 bridgehead atoms. The van der Waals surface area contributed by atoms with Gasteiger partial charge in [-0.25, -0.2) is 0 Å². The Morgan fingerprint density at radius 1 is 1.43 bits per heavy atom. The number of aromatic nitrogens is 1. The third-order valence-electron chi connectivity index (χ3n) is 2.15. The summed E-state index contributed by atoms with van der Waals surface area (Å²) in [4.78, 5) is 3.94. The van der Waals surface area contributed by atoms with Gasteiger partial charge in [0.05, 0.1) is 19.4 Å². The summed E-state index contributed by atoms with van der Waals surface area (Å²) in [6, 6.07) is 1.79. The molecule has 1 aromatic rings. The zero-order chi connectivity index (χ0) is 10.8. The molecule has 1 rings (SSSR count). The lowest BCUT2D eigenvalue weighted by molar-refractivity contribution is 0.0603. The summed E-state index contributed by atoms with van der Waals surface area (Å²) < 4.78 is 5.14.